The van der Waals surface area contributed by atoms with E-state index >= 15 is 0 Å². The maximum atomic E-state index is 11.4. The summed E-state index contributed by atoms with van der Waals surface area (Å²) in [6.07, 6.45) is -1.26. The molecule has 0 saturated heterocycles. The normalized spacial score (nSPS) is 11.7. The van der Waals surface area contributed by atoms with E-state index in [1.807, 2.05) is 30.3 Å². The molecule has 0 spiro atoms. The Morgan fingerprint density at radius 3 is 2.38 bits per heavy atom. The van der Waals surface area contributed by atoms with Gasteiger partial charge in [0, 0.05) is 0 Å². The topological polar surface area (TPSA) is 55.8 Å². The molecule has 0 saturated carbocycles. The van der Waals surface area contributed by atoms with Gasteiger partial charge in [-0.1, -0.05) is 42.5 Å². The monoisotopic (exact) mass is 286 g/mol. The first-order valence-electron chi connectivity index (χ1n) is 6.82. The highest BCUT2D eigenvalue weighted by molar-refractivity contribution is 5.76. The minimum Gasteiger partial charge on any atom is -0.489 e. The largest absolute Gasteiger partial charge is 0.489 e. The lowest BCUT2D eigenvalue weighted by atomic mass is 10.1. The highest BCUT2D eigenvalue weighted by atomic mass is 16.5. The van der Waals surface area contributed by atoms with Gasteiger partial charge in [-0.05, 0) is 30.2 Å². The van der Waals surface area contributed by atoms with Crippen LogP contribution in [0.15, 0.2) is 54.6 Å². The molecule has 0 radical (unpaired) electrons. The van der Waals surface area contributed by atoms with Crippen LogP contribution in [0.25, 0.3) is 0 Å². The summed E-state index contributed by atoms with van der Waals surface area (Å²) in [6, 6.07) is 16.6. The Morgan fingerprint density at radius 2 is 1.76 bits per heavy atom. The number of hydrogen-bond donors (Lipinski definition) is 1. The van der Waals surface area contributed by atoms with Crippen molar-refractivity contribution >= 4 is 5.97 Å². The van der Waals surface area contributed by atoms with Gasteiger partial charge in [-0.25, -0.2) is 4.79 Å². The third kappa shape index (κ3) is 4.33. The van der Waals surface area contributed by atoms with Gasteiger partial charge in [0.2, 0.25) is 0 Å². The molecule has 2 rings (SSSR count). The molecule has 0 aromatic heterocycles. The average Bonchev–Trinajstić information content (AvgIpc) is 2.54. The number of carbonyl (C=O) groups excluding carboxylic acids is 1. The van der Waals surface area contributed by atoms with E-state index in [4.69, 9.17) is 9.47 Å². The molecule has 0 heterocycles. The smallest absolute Gasteiger partial charge is 0.339 e. The number of rotatable bonds is 6. The third-order valence-corrected chi connectivity index (χ3v) is 2.95. The van der Waals surface area contributed by atoms with Crippen LogP contribution >= 0.6 is 0 Å². The van der Waals surface area contributed by atoms with Crippen molar-refractivity contribution in [2.75, 3.05) is 6.61 Å². The van der Waals surface area contributed by atoms with Crippen molar-refractivity contribution in [2.24, 2.45) is 0 Å². The molecule has 2 aromatic rings. The van der Waals surface area contributed by atoms with E-state index in [2.05, 4.69) is 0 Å². The van der Waals surface area contributed by atoms with E-state index in [-0.39, 0.29) is 6.61 Å². The molecule has 0 aliphatic rings. The summed E-state index contributed by atoms with van der Waals surface area (Å²) in [5.41, 5.74) is 1.56. The van der Waals surface area contributed by atoms with Crippen molar-refractivity contribution in [1.29, 1.82) is 0 Å². The van der Waals surface area contributed by atoms with Crippen LogP contribution in [0.3, 0.4) is 0 Å². The summed E-state index contributed by atoms with van der Waals surface area (Å²) in [4.78, 5) is 11.4. The summed E-state index contributed by atoms with van der Waals surface area (Å²) < 4.78 is 10.4. The standard InChI is InChI=1S/C17H18O4/c1-2-20-17(19)16(18)14-8-10-15(11-9-14)21-12-13-6-4-3-5-7-13/h3-11,16,18H,2,12H2,1H3/t16-/m0/s1. The Balaban J connectivity index is 1.94. The molecular formula is C17H18O4. The van der Waals surface area contributed by atoms with Gasteiger partial charge in [0.05, 0.1) is 6.61 Å². The van der Waals surface area contributed by atoms with Crippen molar-refractivity contribution < 1.29 is 19.4 Å². The molecule has 1 N–H and O–H groups in total. The second-order valence-corrected chi connectivity index (χ2v) is 4.50. The number of carbonyl (C=O) groups is 1. The van der Waals surface area contributed by atoms with Gasteiger partial charge in [-0.3, -0.25) is 0 Å². The van der Waals surface area contributed by atoms with Gasteiger partial charge in [-0.15, -0.1) is 0 Å². The predicted octanol–water partition coefficient (Wildman–Crippen LogP) is 2.86. The number of esters is 1. The van der Waals surface area contributed by atoms with Gasteiger partial charge in [0.1, 0.15) is 12.4 Å². The van der Waals surface area contributed by atoms with Gasteiger partial charge in [0.15, 0.2) is 6.10 Å². The first-order valence-corrected chi connectivity index (χ1v) is 6.82. The van der Waals surface area contributed by atoms with Crippen molar-refractivity contribution in [1.82, 2.24) is 0 Å². The zero-order valence-electron chi connectivity index (χ0n) is 11.9. The maximum Gasteiger partial charge on any atom is 0.339 e. The fourth-order valence-corrected chi connectivity index (χ4v) is 1.84. The van der Waals surface area contributed by atoms with E-state index in [9.17, 15) is 9.90 Å². The number of hydrogen-bond acceptors (Lipinski definition) is 4. The van der Waals surface area contributed by atoms with Crippen molar-refractivity contribution in [3.05, 3.63) is 65.7 Å². The molecule has 1 atom stereocenters. The SMILES string of the molecule is CCOC(=O)[C@@H](O)c1ccc(OCc2ccccc2)cc1. The second kappa shape index (κ2) is 7.45. The molecule has 2 aromatic carbocycles. The van der Waals surface area contributed by atoms with Gasteiger partial charge in [-0.2, -0.15) is 0 Å². The molecule has 0 bridgehead atoms. The molecule has 0 amide bonds. The minimum atomic E-state index is -1.26. The van der Waals surface area contributed by atoms with E-state index in [1.165, 1.54) is 0 Å². The fraction of sp³-hybridized carbons (Fsp3) is 0.235. The maximum absolute atomic E-state index is 11.4. The fourth-order valence-electron chi connectivity index (χ4n) is 1.84. The highest BCUT2D eigenvalue weighted by Crippen LogP contribution is 2.19. The van der Waals surface area contributed by atoms with E-state index in [0.717, 1.165) is 5.56 Å². The number of aliphatic hydroxyl groups is 1. The van der Waals surface area contributed by atoms with Crippen LogP contribution in [-0.4, -0.2) is 17.7 Å². The lowest BCUT2D eigenvalue weighted by Gasteiger charge is -2.11. The van der Waals surface area contributed by atoms with Crippen LogP contribution in [0.5, 0.6) is 5.75 Å². The average molecular weight is 286 g/mol. The van der Waals surface area contributed by atoms with Crippen LogP contribution in [0.1, 0.15) is 24.2 Å². The number of ether oxygens (including phenoxy) is 2. The second-order valence-electron chi connectivity index (χ2n) is 4.50. The predicted molar refractivity (Wildman–Crippen MR) is 78.8 cm³/mol. The molecule has 4 heteroatoms. The van der Waals surface area contributed by atoms with Gasteiger partial charge >= 0.3 is 5.97 Å². The summed E-state index contributed by atoms with van der Waals surface area (Å²) in [7, 11) is 0. The summed E-state index contributed by atoms with van der Waals surface area (Å²) in [5.74, 6) is 0.0362. The molecule has 110 valence electrons. The zero-order chi connectivity index (χ0) is 15.1. The number of benzene rings is 2. The Bertz CT molecular complexity index is 563. The first-order chi connectivity index (χ1) is 10.2. The van der Waals surface area contributed by atoms with E-state index in [0.29, 0.717) is 17.9 Å². The summed E-state index contributed by atoms with van der Waals surface area (Å²) in [5, 5.41) is 9.80. The summed E-state index contributed by atoms with van der Waals surface area (Å²) >= 11 is 0. The van der Waals surface area contributed by atoms with Gasteiger partial charge < -0.3 is 14.6 Å². The summed E-state index contributed by atoms with van der Waals surface area (Å²) in [6.45, 7) is 2.42. The van der Waals surface area contributed by atoms with Crippen molar-refractivity contribution in [3.8, 4) is 5.75 Å². The minimum absolute atomic E-state index is 0.244. The molecule has 21 heavy (non-hydrogen) atoms. The van der Waals surface area contributed by atoms with E-state index < -0.39 is 12.1 Å². The van der Waals surface area contributed by atoms with Crippen molar-refractivity contribution in [3.63, 3.8) is 0 Å². The lowest BCUT2D eigenvalue weighted by molar-refractivity contribution is -0.153. The molecule has 0 aliphatic heterocycles. The molecule has 0 fully saturated rings. The van der Waals surface area contributed by atoms with Crippen LogP contribution < -0.4 is 4.74 Å². The number of aliphatic hydroxyl groups excluding tert-OH is 1. The van der Waals surface area contributed by atoms with Crippen molar-refractivity contribution in [2.45, 2.75) is 19.6 Å². The highest BCUT2D eigenvalue weighted by Gasteiger charge is 2.18. The quantitative estimate of drug-likeness (QED) is 0.830. The Kier molecular flexibility index (Phi) is 5.35. The lowest BCUT2D eigenvalue weighted by Crippen LogP contribution is -2.15. The zero-order valence-corrected chi connectivity index (χ0v) is 11.9. The Labute approximate surface area is 123 Å². The third-order valence-electron chi connectivity index (χ3n) is 2.95. The van der Waals surface area contributed by atoms with Gasteiger partial charge in [0.25, 0.3) is 0 Å². The Hall–Kier alpha value is -2.33. The molecule has 4 nitrogen and oxygen atoms in total. The van der Waals surface area contributed by atoms with Crippen LogP contribution in [0, 0.1) is 0 Å². The van der Waals surface area contributed by atoms with Crippen LogP contribution in [-0.2, 0) is 16.1 Å². The van der Waals surface area contributed by atoms with Crippen LogP contribution in [0.2, 0.25) is 0 Å². The van der Waals surface area contributed by atoms with Crippen LogP contribution in [0.4, 0.5) is 0 Å². The van der Waals surface area contributed by atoms with E-state index in [1.54, 1.807) is 31.2 Å². The molecule has 0 aliphatic carbocycles. The Morgan fingerprint density at radius 1 is 1.10 bits per heavy atom. The molecule has 0 unspecified atom stereocenters. The first kappa shape index (κ1) is 15.1. The molecular weight excluding hydrogens is 268 g/mol.